The molecule has 0 fully saturated rings. The normalized spacial score (nSPS) is 10.2. The van der Waals surface area contributed by atoms with E-state index in [0.717, 1.165) is 30.1 Å². The number of thiophene rings is 1. The minimum Gasteiger partial charge on any atom is -0.497 e. The zero-order valence-electron chi connectivity index (χ0n) is 9.77. The standard InChI is InChI=1S/C13H16N2OS/c1-16-10-4-5-12(14)13(9-10)15-7-6-11-3-2-8-17-11/h2-5,8-9,15H,6-7,14H2,1H3. The number of nitrogens with two attached hydrogens (primary N) is 1. The van der Waals surface area contributed by atoms with Crippen LogP contribution in [0.25, 0.3) is 0 Å². The van der Waals surface area contributed by atoms with Gasteiger partial charge in [0.1, 0.15) is 5.75 Å². The molecule has 2 rings (SSSR count). The Kier molecular flexibility index (Phi) is 3.88. The van der Waals surface area contributed by atoms with Crippen molar-refractivity contribution in [3.63, 3.8) is 0 Å². The predicted octanol–water partition coefficient (Wildman–Crippen LogP) is 2.99. The second-order valence-corrected chi connectivity index (χ2v) is 4.74. The van der Waals surface area contributed by atoms with Crippen LogP contribution >= 0.6 is 11.3 Å². The van der Waals surface area contributed by atoms with E-state index in [1.165, 1.54) is 4.88 Å². The van der Waals surface area contributed by atoms with Gasteiger partial charge < -0.3 is 15.8 Å². The molecule has 90 valence electrons. The zero-order valence-corrected chi connectivity index (χ0v) is 10.6. The van der Waals surface area contributed by atoms with Crippen molar-refractivity contribution in [2.75, 3.05) is 24.7 Å². The third-order valence-corrected chi connectivity index (χ3v) is 3.46. The number of rotatable bonds is 5. The summed E-state index contributed by atoms with van der Waals surface area (Å²) in [6.45, 7) is 0.873. The van der Waals surface area contributed by atoms with Gasteiger partial charge in [0.15, 0.2) is 0 Å². The number of anilines is 2. The lowest BCUT2D eigenvalue weighted by molar-refractivity contribution is 0.415. The maximum atomic E-state index is 5.89. The molecule has 0 saturated carbocycles. The molecule has 4 heteroatoms. The molecular formula is C13H16N2OS. The molecule has 0 aliphatic carbocycles. The Hall–Kier alpha value is -1.68. The van der Waals surface area contributed by atoms with Gasteiger partial charge in [-0.2, -0.15) is 0 Å². The largest absolute Gasteiger partial charge is 0.497 e. The number of nitrogens with one attached hydrogen (secondary N) is 1. The maximum Gasteiger partial charge on any atom is 0.121 e. The van der Waals surface area contributed by atoms with Crippen LogP contribution < -0.4 is 15.8 Å². The topological polar surface area (TPSA) is 47.3 Å². The summed E-state index contributed by atoms with van der Waals surface area (Å²) in [6.07, 6.45) is 1.01. The molecule has 0 unspecified atom stereocenters. The van der Waals surface area contributed by atoms with Gasteiger partial charge in [0, 0.05) is 17.5 Å². The van der Waals surface area contributed by atoms with Crippen LogP contribution in [-0.4, -0.2) is 13.7 Å². The fraction of sp³-hybridized carbons (Fsp3) is 0.231. The fourth-order valence-corrected chi connectivity index (χ4v) is 2.30. The summed E-state index contributed by atoms with van der Waals surface area (Å²) >= 11 is 1.77. The first-order valence-electron chi connectivity index (χ1n) is 5.49. The molecule has 2 aromatic rings. The van der Waals surface area contributed by atoms with Crippen LogP contribution in [0.3, 0.4) is 0 Å². The van der Waals surface area contributed by atoms with Crippen molar-refractivity contribution in [1.82, 2.24) is 0 Å². The van der Waals surface area contributed by atoms with Gasteiger partial charge in [-0.3, -0.25) is 0 Å². The highest BCUT2D eigenvalue weighted by Crippen LogP contribution is 2.24. The predicted molar refractivity (Wildman–Crippen MR) is 73.9 cm³/mol. The number of hydrogen-bond acceptors (Lipinski definition) is 4. The van der Waals surface area contributed by atoms with Crippen molar-refractivity contribution in [2.24, 2.45) is 0 Å². The lowest BCUT2D eigenvalue weighted by Crippen LogP contribution is -2.06. The number of benzene rings is 1. The van der Waals surface area contributed by atoms with Gasteiger partial charge in [-0.1, -0.05) is 6.07 Å². The van der Waals surface area contributed by atoms with E-state index in [1.807, 2.05) is 18.2 Å². The summed E-state index contributed by atoms with van der Waals surface area (Å²) in [4.78, 5) is 1.37. The maximum absolute atomic E-state index is 5.89. The van der Waals surface area contributed by atoms with Gasteiger partial charge >= 0.3 is 0 Å². The van der Waals surface area contributed by atoms with Gasteiger partial charge in [0.05, 0.1) is 18.5 Å². The minimum atomic E-state index is 0.747. The quantitative estimate of drug-likeness (QED) is 0.800. The zero-order chi connectivity index (χ0) is 12.1. The Labute approximate surface area is 105 Å². The van der Waals surface area contributed by atoms with E-state index in [4.69, 9.17) is 10.5 Å². The number of ether oxygens (including phenoxy) is 1. The molecular weight excluding hydrogens is 232 g/mol. The van der Waals surface area contributed by atoms with Gasteiger partial charge in [-0.05, 0) is 30.0 Å². The Bertz CT molecular complexity index is 468. The van der Waals surface area contributed by atoms with Crippen molar-refractivity contribution in [2.45, 2.75) is 6.42 Å². The lowest BCUT2D eigenvalue weighted by Gasteiger charge is -2.10. The van der Waals surface area contributed by atoms with Crippen molar-refractivity contribution in [1.29, 1.82) is 0 Å². The molecule has 0 saturated heterocycles. The summed E-state index contributed by atoms with van der Waals surface area (Å²) < 4.78 is 5.17. The van der Waals surface area contributed by atoms with E-state index >= 15 is 0 Å². The molecule has 0 atom stereocenters. The summed E-state index contributed by atoms with van der Waals surface area (Å²) in [5.74, 6) is 0.817. The van der Waals surface area contributed by atoms with Crippen molar-refractivity contribution in [3.8, 4) is 5.75 Å². The van der Waals surface area contributed by atoms with E-state index < -0.39 is 0 Å². The first-order chi connectivity index (χ1) is 8.29. The van der Waals surface area contributed by atoms with Gasteiger partial charge in [-0.15, -0.1) is 11.3 Å². The van der Waals surface area contributed by atoms with Crippen LogP contribution in [0, 0.1) is 0 Å². The molecule has 0 aliphatic heterocycles. The minimum absolute atomic E-state index is 0.747. The van der Waals surface area contributed by atoms with Gasteiger partial charge in [0.2, 0.25) is 0 Å². The molecule has 0 bridgehead atoms. The molecule has 0 amide bonds. The van der Waals surface area contributed by atoms with Crippen LogP contribution in [0.4, 0.5) is 11.4 Å². The third kappa shape index (κ3) is 3.14. The van der Waals surface area contributed by atoms with Crippen LogP contribution in [0.1, 0.15) is 4.88 Å². The van der Waals surface area contributed by atoms with E-state index in [1.54, 1.807) is 18.4 Å². The molecule has 0 aliphatic rings. The molecule has 1 aromatic carbocycles. The Morgan fingerprint density at radius 3 is 2.94 bits per heavy atom. The van der Waals surface area contributed by atoms with Crippen LogP contribution in [0.2, 0.25) is 0 Å². The Morgan fingerprint density at radius 2 is 2.24 bits per heavy atom. The number of hydrogen-bond donors (Lipinski definition) is 2. The van der Waals surface area contributed by atoms with Crippen molar-refractivity contribution < 1.29 is 4.74 Å². The average molecular weight is 248 g/mol. The van der Waals surface area contributed by atoms with Crippen molar-refractivity contribution in [3.05, 3.63) is 40.6 Å². The smallest absolute Gasteiger partial charge is 0.121 e. The van der Waals surface area contributed by atoms with E-state index in [9.17, 15) is 0 Å². The fourth-order valence-electron chi connectivity index (χ4n) is 1.59. The molecule has 0 spiro atoms. The van der Waals surface area contributed by atoms with E-state index in [0.29, 0.717) is 0 Å². The molecule has 17 heavy (non-hydrogen) atoms. The second kappa shape index (κ2) is 5.59. The highest BCUT2D eigenvalue weighted by atomic mass is 32.1. The molecule has 1 heterocycles. The summed E-state index contributed by atoms with van der Waals surface area (Å²) in [5.41, 5.74) is 7.57. The molecule has 0 radical (unpaired) electrons. The van der Waals surface area contributed by atoms with E-state index in [2.05, 4.69) is 22.8 Å². The monoisotopic (exact) mass is 248 g/mol. The Balaban J connectivity index is 1.94. The Morgan fingerprint density at radius 1 is 1.35 bits per heavy atom. The highest BCUT2D eigenvalue weighted by molar-refractivity contribution is 7.09. The molecule has 1 aromatic heterocycles. The highest BCUT2D eigenvalue weighted by Gasteiger charge is 2.01. The van der Waals surface area contributed by atoms with Gasteiger partial charge in [0.25, 0.3) is 0 Å². The van der Waals surface area contributed by atoms with E-state index in [-0.39, 0.29) is 0 Å². The SMILES string of the molecule is COc1ccc(N)c(NCCc2cccs2)c1. The third-order valence-electron chi connectivity index (χ3n) is 2.53. The van der Waals surface area contributed by atoms with Crippen LogP contribution in [-0.2, 0) is 6.42 Å². The number of methoxy groups -OCH3 is 1. The lowest BCUT2D eigenvalue weighted by atomic mass is 10.2. The summed E-state index contributed by atoms with van der Waals surface area (Å²) in [6, 6.07) is 9.84. The molecule has 3 nitrogen and oxygen atoms in total. The summed E-state index contributed by atoms with van der Waals surface area (Å²) in [7, 11) is 1.65. The average Bonchev–Trinajstić information content (AvgIpc) is 2.84. The van der Waals surface area contributed by atoms with Gasteiger partial charge in [-0.25, -0.2) is 0 Å². The van der Waals surface area contributed by atoms with Crippen LogP contribution in [0.15, 0.2) is 35.7 Å². The van der Waals surface area contributed by atoms with Crippen LogP contribution in [0.5, 0.6) is 5.75 Å². The summed E-state index contributed by atoms with van der Waals surface area (Å²) in [5, 5.41) is 5.42. The van der Waals surface area contributed by atoms with Crippen molar-refractivity contribution >= 4 is 22.7 Å². The second-order valence-electron chi connectivity index (χ2n) is 3.71. The first-order valence-corrected chi connectivity index (χ1v) is 6.37. The molecule has 3 N–H and O–H groups in total. The first kappa shape index (κ1) is 11.8. The number of nitrogen functional groups attached to an aromatic ring is 1.